The second-order valence-electron chi connectivity index (χ2n) is 4.71. The van der Waals surface area contributed by atoms with Crippen molar-refractivity contribution in [3.8, 4) is 5.88 Å². The van der Waals surface area contributed by atoms with Gasteiger partial charge >= 0.3 is 5.97 Å². The highest BCUT2D eigenvalue weighted by molar-refractivity contribution is 5.88. The molecule has 2 N–H and O–H groups in total. The predicted molar refractivity (Wildman–Crippen MR) is 71.7 cm³/mol. The number of ether oxygens (including phenoxy) is 1. The van der Waals surface area contributed by atoms with Gasteiger partial charge in [-0.15, -0.1) is 0 Å². The second kappa shape index (κ2) is 7.74. The van der Waals surface area contributed by atoms with E-state index in [9.17, 15) is 4.79 Å². The van der Waals surface area contributed by atoms with E-state index >= 15 is 0 Å². The van der Waals surface area contributed by atoms with Crippen molar-refractivity contribution in [2.45, 2.75) is 39.0 Å². The zero-order valence-electron chi connectivity index (χ0n) is 11.4. The summed E-state index contributed by atoms with van der Waals surface area (Å²) in [7, 11) is 0. The van der Waals surface area contributed by atoms with Gasteiger partial charge < -0.3 is 14.9 Å². The number of carbonyl (C=O) groups is 1. The average molecular weight is 267 g/mol. The largest absolute Gasteiger partial charge is 0.478 e. The van der Waals surface area contributed by atoms with Gasteiger partial charge in [-0.25, -0.2) is 9.78 Å². The molecule has 0 fully saturated rings. The first-order chi connectivity index (χ1) is 9.04. The van der Waals surface area contributed by atoms with E-state index in [0.717, 1.165) is 19.3 Å². The Balaban J connectivity index is 2.68. The van der Waals surface area contributed by atoms with Crippen LogP contribution in [0.3, 0.4) is 0 Å². The van der Waals surface area contributed by atoms with Crippen LogP contribution in [0.5, 0.6) is 5.88 Å². The van der Waals surface area contributed by atoms with Crippen LogP contribution in [0.4, 0.5) is 0 Å². The maximum Gasteiger partial charge on any atom is 0.335 e. The number of carboxylic acids is 1. The predicted octanol–water partition coefficient (Wildman–Crippen LogP) is 2.44. The maximum atomic E-state index is 11.0. The Labute approximate surface area is 113 Å². The number of aliphatic hydroxyl groups excluding tert-OH is 1. The van der Waals surface area contributed by atoms with Crippen LogP contribution in [0.15, 0.2) is 12.1 Å². The van der Waals surface area contributed by atoms with Gasteiger partial charge in [0.15, 0.2) is 0 Å². The lowest BCUT2D eigenvalue weighted by atomic mass is 10.1. The minimum Gasteiger partial charge on any atom is -0.478 e. The van der Waals surface area contributed by atoms with E-state index < -0.39 is 5.97 Å². The fourth-order valence-electron chi connectivity index (χ4n) is 1.59. The molecule has 0 aliphatic rings. The van der Waals surface area contributed by atoms with Crippen LogP contribution in [0.1, 0.15) is 55.1 Å². The summed E-state index contributed by atoms with van der Waals surface area (Å²) in [5, 5.41) is 17.7. The molecule has 0 saturated carbocycles. The Morgan fingerprint density at radius 1 is 1.32 bits per heavy atom. The first-order valence-electron chi connectivity index (χ1n) is 6.53. The highest BCUT2D eigenvalue weighted by atomic mass is 16.5. The number of aliphatic hydroxyl groups is 1. The molecule has 19 heavy (non-hydrogen) atoms. The Bertz CT molecular complexity index is 418. The van der Waals surface area contributed by atoms with E-state index in [0.29, 0.717) is 18.2 Å². The van der Waals surface area contributed by atoms with Crippen LogP contribution < -0.4 is 4.74 Å². The first kappa shape index (κ1) is 15.4. The highest BCUT2D eigenvalue weighted by Crippen LogP contribution is 2.19. The molecule has 0 saturated heterocycles. The molecule has 0 unspecified atom stereocenters. The van der Waals surface area contributed by atoms with Crippen molar-refractivity contribution in [1.82, 2.24) is 4.98 Å². The van der Waals surface area contributed by atoms with E-state index in [2.05, 4.69) is 4.98 Å². The van der Waals surface area contributed by atoms with Gasteiger partial charge in [0.05, 0.1) is 12.2 Å². The molecule has 0 aliphatic carbocycles. The number of hydrogen-bond acceptors (Lipinski definition) is 4. The molecule has 0 amide bonds. The van der Waals surface area contributed by atoms with Crippen molar-refractivity contribution >= 4 is 5.97 Å². The number of unbranched alkanes of at least 4 members (excludes halogenated alkanes) is 2. The zero-order valence-corrected chi connectivity index (χ0v) is 11.4. The molecule has 0 aliphatic heterocycles. The summed E-state index contributed by atoms with van der Waals surface area (Å²) < 4.78 is 5.48. The number of hydrogen-bond donors (Lipinski definition) is 2. The van der Waals surface area contributed by atoms with Crippen LogP contribution in [-0.2, 0) is 0 Å². The fourth-order valence-corrected chi connectivity index (χ4v) is 1.59. The second-order valence-corrected chi connectivity index (χ2v) is 4.71. The number of rotatable bonds is 8. The standard InChI is InChI=1S/C14H21NO4/c1-10(2)12-8-11(14(17)18)9-13(15-12)19-7-5-3-4-6-16/h8-10,16H,3-7H2,1-2H3,(H,17,18). The molecule has 106 valence electrons. The lowest BCUT2D eigenvalue weighted by Crippen LogP contribution is -2.06. The van der Waals surface area contributed by atoms with E-state index in [4.69, 9.17) is 14.9 Å². The number of nitrogens with zero attached hydrogens (tertiary/aromatic N) is 1. The van der Waals surface area contributed by atoms with Crippen LogP contribution in [0, 0.1) is 0 Å². The van der Waals surface area contributed by atoms with Gasteiger partial charge in [-0.3, -0.25) is 0 Å². The third-order valence-corrected chi connectivity index (χ3v) is 2.71. The van der Waals surface area contributed by atoms with Crippen LogP contribution in [-0.4, -0.2) is 34.4 Å². The van der Waals surface area contributed by atoms with Crippen molar-refractivity contribution in [1.29, 1.82) is 0 Å². The topological polar surface area (TPSA) is 79.7 Å². The van der Waals surface area contributed by atoms with Gasteiger partial charge in [0.1, 0.15) is 0 Å². The van der Waals surface area contributed by atoms with E-state index in [1.807, 2.05) is 13.8 Å². The number of aromatic carboxylic acids is 1. The summed E-state index contributed by atoms with van der Waals surface area (Å²) in [6, 6.07) is 3.02. The minimum absolute atomic E-state index is 0.149. The van der Waals surface area contributed by atoms with Crippen molar-refractivity contribution < 1.29 is 19.7 Å². The van der Waals surface area contributed by atoms with E-state index in [1.165, 1.54) is 6.07 Å². The SMILES string of the molecule is CC(C)c1cc(C(=O)O)cc(OCCCCCO)n1. The summed E-state index contributed by atoms with van der Waals surface area (Å²) in [6.45, 7) is 4.58. The number of pyridine rings is 1. The van der Waals surface area contributed by atoms with E-state index in [-0.39, 0.29) is 18.1 Å². The lowest BCUT2D eigenvalue weighted by Gasteiger charge is -2.10. The Kier molecular flexibility index (Phi) is 6.29. The van der Waals surface area contributed by atoms with Crippen molar-refractivity contribution in [3.05, 3.63) is 23.4 Å². The molecule has 5 heteroatoms. The van der Waals surface area contributed by atoms with Crippen LogP contribution >= 0.6 is 0 Å². The smallest absolute Gasteiger partial charge is 0.335 e. The van der Waals surface area contributed by atoms with Gasteiger partial charge in [0.25, 0.3) is 0 Å². The zero-order chi connectivity index (χ0) is 14.3. The van der Waals surface area contributed by atoms with Crippen molar-refractivity contribution in [2.24, 2.45) is 0 Å². The fraction of sp³-hybridized carbons (Fsp3) is 0.571. The van der Waals surface area contributed by atoms with Gasteiger partial charge in [0, 0.05) is 18.4 Å². The molecule has 0 radical (unpaired) electrons. The molecule has 0 atom stereocenters. The first-order valence-corrected chi connectivity index (χ1v) is 6.53. The normalized spacial score (nSPS) is 10.7. The van der Waals surface area contributed by atoms with E-state index in [1.54, 1.807) is 6.07 Å². The van der Waals surface area contributed by atoms with Crippen molar-refractivity contribution in [3.63, 3.8) is 0 Å². The summed E-state index contributed by atoms with van der Waals surface area (Å²) in [4.78, 5) is 15.3. The van der Waals surface area contributed by atoms with Gasteiger partial charge in [0.2, 0.25) is 5.88 Å². The highest BCUT2D eigenvalue weighted by Gasteiger charge is 2.11. The minimum atomic E-state index is -0.977. The van der Waals surface area contributed by atoms with Gasteiger partial charge in [-0.2, -0.15) is 0 Å². The molecular formula is C14H21NO4. The molecule has 1 aromatic heterocycles. The number of aromatic nitrogens is 1. The van der Waals surface area contributed by atoms with Crippen LogP contribution in [0.2, 0.25) is 0 Å². The third kappa shape index (κ3) is 5.26. The maximum absolute atomic E-state index is 11.0. The summed E-state index contributed by atoms with van der Waals surface area (Å²) in [5.74, 6) is -0.474. The Hall–Kier alpha value is -1.62. The molecule has 1 aromatic rings. The molecule has 0 spiro atoms. The average Bonchev–Trinajstić information content (AvgIpc) is 2.38. The summed E-state index contributed by atoms with van der Waals surface area (Å²) >= 11 is 0. The Morgan fingerprint density at radius 2 is 2.05 bits per heavy atom. The number of carboxylic acid groups (broad SMARTS) is 1. The quantitative estimate of drug-likeness (QED) is 0.707. The Morgan fingerprint density at radius 3 is 2.63 bits per heavy atom. The van der Waals surface area contributed by atoms with Gasteiger partial charge in [-0.05, 0) is 31.2 Å². The summed E-state index contributed by atoms with van der Waals surface area (Å²) in [6.07, 6.45) is 2.45. The molecule has 0 aromatic carbocycles. The molecule has 0 bridgehead atoms. The molecule has 1 rings (SSSR count). The lowest BCUT2D eigenvalue weighted by molar-refractivity contribution is 0.0696. The third-order valence-electron chi connectivity index (χ3n) is 2.71. The molecular weight excluding hydrogens is 246 g/mol. The summed E-state index contributed by atoms with van der Waals surface area (Å²) in [5.41, 5.74) is 0.911. The van der Waals surface area contributed by atoms with Crippen molar-refractivity contribution in [2.75, 3.05) is 13.2 Å². The molecule has 1 heterocycles. The monoisotopic (exact) mass is 267 g/mol. The molecule has 5 nitrogen and oxygen atoms in total. The van der Waals surface area contributed by atoms with Gasteiger partial charge in [-0.1, -0.05) is 13.8 Å². The van der Waals surface area contributed by atoms with Crippen LogP contribution in [0.25, 0.3) is 0 Å².